The molecule has 0 aliphatic carbocycles. The molecular formula is C23H20F3N3O2. The molecule has 1 fully saturated rings. The second kappa shape index (κ2) is 8.77. The number of halogens is 3. The predicted octanol–water partition coefficient (Wildman–Crippen LogP) is 5.11. The number of anilines is 1. The molecule has 2 heterocycles. The third-order valence-corrected chi connectivity index (χ3v) is 5.02. The summed E-state index contributed by atoms with van der Waals surface area (Å²) in [5.41, 5.74) is 1.16. The molecule has 1 atom stereocenters. The summed E-state index contributed by atoms with van der Waals surface area (Å²) in [5.74, 6) is 0.376. The number of rotatable bonds is 5. The number of hydrogen-bond donors (Lipinski definition) is 2. The molecule has 4 rings (SSSR count). The number of aromatic nitrogens is 1. The van der Waals surface area contributed by atoms with E-state index >= 15 is 0 Å². The van der Waals surface area contributed by atoms with Crippen LogP contribution in [0, 0.1) is 5.92 Å². The van der Waals surface area contributed by atoms with Crippen molar-refractivity contribution in [2.24, 2.45) is 5.92 Å². The van der Waals surface area contributed by atoms with Crippen molar-refractivity contribution in [2.75, 3.05) is 18.4 Å². The van der Waals surface area contributed by atoms with Gasteiger partial charge in [0.1, 0.15) is 17.2 Å². The van der Waals surface area contributed by atoms with E-state index in [2.05, 4.69) is 15.6 Å². The highest BCUT2D eigenvalue weighted by molar-refractivity contribution is 5.93. The first-order valence-corrected chi connectivity index (χ1v) is 9.82. The van der Waals surface area contributed by atoms with E-state index in [-0.39, 0.29) is 17.6 Å². The van der Waals surface area contributed by atoms with E-state index in [4.69, 9.17) is 4.74 Å². The summed E-state index contributed by atoms with van der Waals surface area (Å²) < 4.78 is 44.2. The monoisotopic (exact) mass is 427 g/mol. The van der Waals surface area contributed by atoms with Crippen molar-refractivity contribution in [2.45, 2.75) is 12.6 Å². The molecule has 8 heteroatoms. The lowest BCUT2D eigenvalue weighted by molar-refractivity contribution is -0.141. The molecule has 0 saturated carbocycles. The smallest absolute Gasteiger partial charge is 0.433 e. The molecule has 1 aromatic heterocycles. The number of amides is 1. The molecule has 2 aromatic carbocycles. The van der Waals surface area contributed by atoms with Gasteiger partial charge in [0.15, 0.2) is 0 Å². The number of nitrogens with zero attached hydrogens (tertiary/aromatic N) is 1. The molecule has 1 unspecified atom stereocenters. The van der Waals surface area contributed by atoms with Crippen LogP contribution in [0.25, 0.3) is 11.1 Å². The second-order valence-electron chi connectivity index (χ2n) is 7.23. The predicted molar refractivity (Wildman–Crippen MR) is 111 cm³/mol. The number of ether oxygens (including phenoxy) is 1. The maximum atomic E-state index is 12.8. The van der Waals surface area contributed by atoms with E-state index in [1.54, 1.807) is 12.1 Å². The van der Waals surface area contributed by atoms with E-state index in [1.165, 1.54) is 6.07 Å². The highest BCUT2D eigenvalue weighted by Gasteiger charge is 2.32. The van der Waals surface area contributed by atoms with Crippen molar-refractivity contribution in [3.63, 3.8) is 0 Å². The first-order valence-electron chi connectivity index (χ1n) is 9.82. The summed E-state index contributed by atoms with van der Waals surface area (Å²) in [6, 6.07) is 16.8. The Morgan fingerprint density at radius 2 is 1.90 bits per heavy atom. The number of pyridine rings is 1. The molecule has 1 amide bonds. The van der Waals surface area contributed by atoms with Crippen LogP contribution in [-0.2, 0) is 11.0 Å². The summed E-state index contributed by atoms with van der Waals surface area (Å²) in [6.45, 7) is 1.44. The van der Waals surface area contributed by atoms with Crippen molar-refractivity contribution in [3.8, 4) is 22.6 Å². The maximum absolute atomic E-state index is 12.8. The van der Waals surface area contributed by atoms with Gasteiger partial charge in [-0.2, -0.15) is 13.2 Å². The van der Waals surface area contributed by atoms with Crippen LogP contribution in [0.4, 0.5) is 18.9 Å². The number of carbonyl (C=O) groups excluding carboxylic acids is 1. The van der Waals surface area contributed by atoms with Crippen LogP contribution in [0.15, 0.2) is 66.9 Å². The van der Waals surface area contributed by atoms with Crippen molar-refractivity contribution in [1.29, 1.82) is 0 Å². The fourth-order valence-corrected chi connectivity index (χ4v) is 3.40. The second-order valence-corrected chi connectivity index (χ2v) is 7.23. The average Bonchev–Trinajstić information content (AvgIpc) is 3.30. The molecule has 1 aliphatic rings. The molecule has 0 bridgehead atoms. The van der Waals surface area contributed by atoms with Crippen LogP contribution in [-0.4, -0.2) is 24.0 Å². The number of carbonyl (C=O) groups is 1. The van der Waals surface area contributed by atoms with E-state index in [0.29, 0.717) is 18.0 Å². The minimum Gasteiger partial charge on any atom is -0.455 e. The fourth-order valence-electron chi connectivity index (χ4n) is 3.40. The zero-order valence-electron chi connectivity index (χ0n) is 16.4. The Balaban J connectivity index is 1.63. The zero-order valence-corrected chi connectivity index (χ0v) is 16.4. The quantitative estimate of drug-likeness (QED) is 0.594. The fraction of sp³-hybridized carbons (Fsp3) is 0.217. The Bertz CT molecular complexity index is 1050. The molecule has 3 aromatic rings. The lowest BCUT2D eigenvalue weighted by Gasteiger charge is -2.15. The van der Waals surface area contributed by atoms with Crippen molar-refractivity contribution in [3.05, 3.63) is 72.6 Å². The van der Waals surface area contributed by atoms with Gasteiger partial charge in [0.25, 0.3) is 0 Å². The molecule has 0 spiro atoms. The van der Waals surface area contributed by atoms with Gasteiger partial charge in [0.2, 0.25) is 5.91 Å². The first kappa shape index (κ1) is 20.9. The molecule has 2 N–H and O–H groups in total. The van der Waals surface area contributed by atoms with E-state index < -0.39 is 11.9 Å². The Hall–Kier alpha value is -3.39. The number of alkyl halides is 3. The Morgan fingerprint density at radius 1 is 1.10 bits per heavy atom. The van der Waals surface area contributed by atoms with Crippen LogP contribution in [0.1, 0.15) is 12.1 Å². The normalized spacial score (nSPS) is 16.2. The molecule has 160 valence electrons. The lowest BCUT2D eigenvalue weighted by Crippen LogP contribution is -2.24. The van der Waals surface area contributed by atoms with Crippen LogP contribution in [0.3, 0.4) is 0 Å². The standard InChI is InChI=1S/C23H20F3N3O2/c24-23(25,26)21-9-7-18(14-28-21)31-20-12-17(29-22(30)16-10-11-27-13-16)6-8-19(20)15-4-2-1-3-5-15/h1-9,12,14,16,27H,10-11,13H2,(H,29,30). The van der Waals surface area contributed by atoms with Gasteiger partial charge >= 0.3 is 6.18 Å². The SMILES string of the molecule is O=C(Nc1ccc(-c2ccccc2)c(Oc2ccc(C(F)(F)F)nc2)c1)C1CCNC1. The van der Waals surface area contributed by atoms with E-state index in [0.717, 1.165) is 36.4 Å². The van der Waals surface area contributed by atoms with E-state index in [1.807, 2.05) is 36.4 Å². The number of nitrogens with one attached hydrogen (secondary N) is 2. The Morgan fingerprint density at radius 3 is 2.55 bits per heavy atom. The van der Waals surface area contributed by atoms with Gasteiger partial charge in [-0.3, -0.25) is 4.79 Å². The molecular weight excluding hydrogens is 407 g/mol. The molecule has 1 aliphatic heterocycles. The number of benzene rings is 2. The van der Waals surface area contributed by atoms with Gasteiger partial charge in [0, 0.05) is 23.9 Å². The van der Waals surface area contributed by atoms with Crippen LogP contribution in [0.5, 0.6) is 11.5 Å². The average molecular weight is 427 g/mol. The topological polar surface area (TPSA) is 63.2 Å². The summed E-state index contributed by atoms with van der Waals surface area (Å²) in [7, 11) is 0. The lowest BCUT2D eigenvalue weighted by atomic mass is 10.0. The molecule has 0 radical (unpaired) electrons. The van der Waals surface area contributed by atoms with Gasteiger partial charge in [-0.25, -0.2) is 4.98 Å². The van der Waals surface area contributed by atoms with Crippen LogP contribution in [0.2, 0.25) is 0 Å². The Labute approximate surface area is 177 Å². The summed E-state index contributed by atoms with van der Waals surface area (Å²) in [5, 5.41) is 6.05. The summed E-state index contributed by atoms with van der Waals surface area (Å²) >= 11 is 0. The van der Waals surface area contributed by atoms with Crippen molar-refractivity contribution >= 4 is 11.6 Å². The minimum absolute atomic E-state index is 0.0837. The zero-order chi connectivity index (χ0) is 21.8. The van der Waals surface area contributed by atoms with E-state index in [9.17, 15) is 18.0 Å². The van der Waals surface area contributed by atoms with Crippen LogP contribution < -0.4 is 15.4 Å². The molecule has 1 saturated heterocycles. The number of hydrogen-bond acceptors (Lipinski definition) is 4. The third-order valence-electron chi connectivity index (χ3n) is 5.02. The highest BCUT2D eigenvalue weighted by Crippen LogP contribution is 2.36. The minimum atomic E-state index is -4.52. The molecule has 5 nitrogen and oxygen atoms in total. The van der Waals surface area contributed by atoms with Crippen molar-refractivity contribution in [1.82, 2.24) is 10.3 Å². The Kier molecular flexibility index (Phi) is 5.90. The molecule has 31 heavy (non-hydrogen) atoms. The van der Waals surface area contributed by atoms with Gasteiger partial charge < -0.3 is 15.4 Å². The van der Waals surface area contributed by atoms with Gasteiger partial charge in [-0.05, 0) is 42.8 Å². The van der Waals surface area contributed by atoms with Gasteiger partial charge in [-0.15, -0.1) is 0 Å². The van der Waals surface area contributed by atoms with Gasteiger partial charge in [-0.1, -0.05) is 30.3 Å². The largest absolute Gasteiger partial charge is 0.455 e. The highest BCUT2D eigenvalue weighted by atomic mass is 19.4. The maximum Gasteiger partial charge on any atom is 0.433 e. The summed E-state index contributed by atoms with van der Waals surface area (Å²) in [4.78, 5) is 15.9. The first-order chi connectivity index (χ1) is 14.9. The van der Waals surface area contributed by atoms with Crippen molar-refractivity contribution < 1.29 is 22.7 Å². The van der Waals surface area contributed by atoms with Gasteiger partial charge in [0.05, 0.1) is 12.1 Å². The summed E-state index contributed by atoms with van der Waals surface area (Å²) in [6.07, 6.45) is -2.71. The van der Waals surface area contributed by atoms with Crippen LogP contribution >= 0.6 is 0 Å². The third kappa shape index (κ3) is 5.03.